The van der Waals surface area contributed by atoms with Crippen LogP contribution in [0, 0.1) is 6.92 Å². The predicted molar refractivity (Wildman–Crippen MR) is 133 cm³/mol. The number of carbonyl (C=O) groups is 1. The summed E-state index contributed by atoms with van der Waals surface area (Å²) >= 11 is 0. The molecule has 1 aliphatic rings. The van der Waals surface area contributed by atoms with Crippen LogP contribution in [0.1, 0.15) is 70.1 Å². The molecule has 0 bridgehead atoms. The molecule has 1 saturated heterocycles. The van der Waals surface area contributed by atoms with E-state index in [1.165, 1.54) is 0 Å². The Bertz CT molecular complexity index is 809. The van der Waals surface area contributed by atoms with Gasteiger partial charge in [0, 0.05) is 54.9 Å². The van der Waals surface area contributed by atoms with Crippen molar-refractivity contribution >= 4 is 26.2 Å². The summed E-state index contributed by atoms with van der Waals surface area (Å²) in [6.07, 6.45) is 0. The first kappa shape index (κ1) is 26.5. The zero-order chi connectivity index (χ0) is 22.9. The average Bonchev–Trinajstić information content (AvgIpc) is 2.71. The van der Waals surface area contributed by atoms with Gasteiger partial charge in [-0.1, -0.05) is 55.3 Å². The number of nitrogens with one attached hydrogen (secondary N) is 1. The maximum atomic E-state index is 13.2. The molecule has 1 aromatic carbocycles. The SMILES string of the molecule is CC.CC.Cc1nc2ccccc2c(C(=O)NC(C)(C)C)c1CN1CCN(P)CC1. The summed E-state index contributed by atoms with van der Waals surface area (Å²) in [5.41, 5.74) is 3.36. The van der Waals surface area contributed by atoms with Gasteiger partial charge in [-0.3, -0.25) is 19.3 Å². The highest BCUT2D eigenvalue weighted by Crippen LogP contribution is 2.26. The monoisotopic (exact) mass is 432 g/mol. The highest BCUT2D eigenvalue weighted by atomic mass is 31.0. The molecule has 1 aliphatic heterocycles. The van der Waals surface area contributed by atoms with Gasteiger partial charge in [0.2, 0.25) is 0 Å². The smallest absolute Gasteiger partial charge is 0.252 e. The Hall–Kier alpha value is -1.55. The first-order valence-corrected chi connectivity index (χ1v) is 11.7. The number of hydrogen-bond donors (Lipinski definition) is 1. The van der Waals surface area contributed by atoms with Crippen molar-refractivity contribution in [2.24, 2.45) is 0 Å². The second-order valence-corrected chi connectivity index (χ2v) is 8.81. The number of benzene rings is 1. The Labute approximate surface area is 185 Å². The molecule has 1 fully saturated rings. The van der Waals surface area contributed by atoms with Gasteiger partial charge >= 0.3 is 0 Å². The summed E-state index contributed by atoms with van der Waals surface area (Å²) < 4.78 is 2.26. The minimum Gasteiger partial charge on any atom is -0.347 e. The van der Waals surface area contributed by atoms with Crippen LogP contribution in [0.3, 0.4) is 0 Å². The van der Waals surface area contributed by atoms with E-state index in [4.69, 9.17) is 4.98 Å². The lowest BCUT2D eigenvalue weighted by Gasteiger charge is -2.33. The van der Waals surface area contributed by atoms with Crippen LogP contribution in [0.4, 0.5) is 0 Å². The van der Waals surface area contributed by atoms with Crippen molar-refractivity contribution in [3.8, 4) is 0 Å². The fourth-order valence-corrected chi connectivity index (χ4v) is 3.61. The number of aryl methyl sites for hydroxylation is 1. The molecule has 2 heterocycles. The van der Waals surface area contributed by atoms with Crippen LogP contribution in [0.5, 0.6) is 0 Å². The maximum absolute atomic E-state index is 13.2. The quantitative estimate of drug-likeness (QED) is 0.691. The van der Waals surface area contributed by atoms with Crippen LogP contribution < -0.4 is 5.32 Å². The Morgan fingerprint density at radius 2 is 1.63 bits per heavy atom. The number of hydrogen-bond acceptors (Lipinski definition) is 4. The van der Waals surface area contributed by atoms with Crippen LogP contribution >= 0.6 is 9.39 Å². The van der Waals surface area contributed by atoms with Gasteiger partial charge in [0.05, 0.1) is 11.1 Å². The fourth-order valence-electron chi connectivity index (χ4n) is 3.38. The molecule has 1 unspecified atom stereocenters. The molecular formula is C24H41N4OP. The number of fused-ring (bicyclic) bond motifs is 1. The Balaban J connectivity index is 0.00000106. The lowest BCUT2D eigenvalue weighted by molar-refractivity contribution is 0.0918. The Morgan fingerprint density at radius 1 is 1.07 bits per heavy atom. The number of amides is 1. The first-order valence-electron chi connectivity index (χ1n) is 11.2. The minimum atomic E-state index is -0.280. The summed E-state index contributed by atoms with van der Waals surface area (Å²) in [5.74, 6) is -0.0149. The van der Waals surface area contributed by atoms with Gasteiger partial charge in [0.25, 0.3) is 5.91 Å². The van der Waals surface area contributed by atoms with Gasteiger partial charge in [0.1, 0.15) is 0 Å². The van der Waals surface area contributed by atoms with Crippen molar-refractivity contribution in [1.82, 2.24) is 19.9 Å². The Kier molecular flexibility index (Phi) is 10.9. The molecule has 1 atom stereocenters. The third-order valence-corrected chi connectivity index (χ3v) is 5.22. The highest BCUT2D eigenvalue weighted by Gasteiger charge is 2.24. The van der Waals surface area contributed by atoms with Crippen LogP contribution in [-0.4, -0.2) is 52.2 Å². The fraction of sp³-hybridized carbons (Fsp3) is 0.583. The van der Waals surface area contributed by atoms with E-state index in [1.807, 2.05) is 79.7 Å². The summed E-state index contributed by atoms with van der Waals surface area (Å²) in [6.45, 7) is 20.8. The summed E-state index contributed by atoms with van der Waals surface area (Å²) in [4.78, 5) is 20.4. The van der Waals surface area contributed by atoms with Gasteiger partial charge < -0.3 is 5.32 Å². The third-order valence-electron chi connectivity index (χ3n) is 4.70. The molecule has 6 heteroatoms. The van der Waals surface area contributed by atoms with Gasteiger partial charge in [-0.2, -0.15) is 0 Å². The van der Waals surface area contributed by atoms with E-state index in [9.17, 15) is 4.79 Å². The zero-order valence-electron chi connectivity index (χ0n) is 20.2. The van der Waals surface area contributed by atoms with E-state index < -0.39 is 0 Å². The molecule has 5 nitrogen and oxygen atoms in total. The van der Waals surface area contributed by atoms with Crippen molar-refractivity contribution < 1.29 is 4.79 Å². The van der Waals surface area contributed by atoms with Gasteiger partial charge in [0.15, 0.2) is 0 Å². The van der Waals surface area contributed by atoms with E-state index in [-0.39, 0.29) is 11.4 Å². The maximum Gasteiger partial charge on any atom is 0.252 e. The Morgan fingerprint density at radius 3 is 2.20 bits per heavy atom. The third kappa shape index (κ3) is 7.30. The van der Waals surface area contributed by atoms with E-state index >= 15 is 0 Å². The second-order valence-electron chi connectivity index (χ2n) is 8.08. The standard InChI is InChI=1S/C20H29N4OP.2C2H6/c1-14-16(13-23-9-11-24(26)12-10-23)18(19(25)22-20(2,3)4)15-7-5-6-8-17(15)21-14;2*1-2/h5-8H,9-13,26H2,1-4H3,(H,22,25);2*1-2H3. The molecule has 0 spiro atoms. The van der Waals surface area contributed by atoms with E-state index in [1.54, 1.807) is 0 Å². The number of pyridine rings is 1. The molecule has 168 valence electrons. The number of piperazine rings is 1. The first-order chi connectivity index (χ1) is 14.2. The molecule has 1 amide bonds. The summed E-state index contributed by atoms with van der Waals surface area (Å²) in [5, 5.41) is 4.07. The van der Waals surface area contributed by atoms with E-state index in [0.717, 1.165) is 60.4 Å². The summed E-state index contributed by atoms with van der Waals surface area (Å²) in [6, 6.07) is 7.93. The lowest BCUT2D eigenvalue weighted by Crippen LogP contribution is -2.43. The van der Waals surface area contributed by atoms with Gasteiger partial charge in [-0.15, -0.1) is 0 Å². The van der Waals surface area contributed by atoms with Crippen LogP contribution in [0.2, 0.25) is 0 Å². The molecule has 0 saturated carbocycles. The van der Waals surface area contributed by atoms with Gasteiger partial charge in [-0.05, 0) is 33.8 Å². The van der Waals surface area contributed by atoms with Crippen molar-refractivity contribution in [1.29, 1.82) is 0 Å². The molecular weight excluding hydrogens is 391 g/mol. The van der Waals surface area contributed by atoms with Crippen LogP contribution in [-0.2, 0) is 6.54 Å². The number of carbonyl (C=O) groups excluding carboxylic acids is 1. The normalized spacial score (nSPS) is 15.0. The topological polar surface area (TPSA) is 48.5 Å². The molecule has 0 radical (unpaired) electrons. The van der Waals surface area contributed by atoms with Crippen molar-refractivity contribution in [2.45, 2.75) is 67.5 Å². The molecule has 1 aromatic heterocycles. The molecule has 30 heavy (non-hydrogen) atoms. The van der Waals surface area contributed by atoms with Crippen LogP contribution in [0.15, 0.2) is 24.3 Å². The number of rotatable bonds is 3. The number of para-hydroxylation sites is 1. The summed E-state index contributed by atoms with van der Waals surface area (Å²) in [7, 11) is 2.77. The second kappa shape index (κ2) is 12.3. The minimum absolute atomic E-state index is 0.0149. The van der Waals surface area contributed by atoms with Crippen LogP contribution in [0.25, 0.3) is 10.9 Å². The van der Waals surface area contributed by atoms with Crippen molar-refractivity contribution in [3.63, 3.8) is 0 Å². The lowest BCUT2D eigenvalue weighted by atomic mass is 9.97. The zero-order valence-corrected chi connectivity index (χ0v) is 21.3. The predicted octanol–water partition coefficient (Wildman–Crippen LogP) is 5.03. The largest absolute Gasteiger partial charge is 0.347 e. The molecule has 0 aliphatic carbocycles. The molecule has 2 aromatic rings. The average molecular weight is 433 g/mol. The number of nitrogens with zero attached hydrogens (tertiary/aromatic N) is 3. The van der Waals surface area contributed by atoms with Crippen molar-refractivity contribution in [3.05, 3.63) is 41.1 Å². The van der Waals surface area contributed by atoms with Gasteiger partial charge in [-0.25, -0.2) is 0 Å². The molecule has 1 N–H and O–H groups in total. The highest BCUT2D eigenvalue weighted by molar-refractivity contribution is 7.13. The van der Waals surface area contributed by atoms with E-state index in [2.05, 4.69) is 24.3 Å². The van der Waals surface area contributed by atoms with E-state index in [0.29, 0.717) is 0 Å². The molecule has 3 rings (SSSR count). The van der Waals surface area contributed by atoms with Crippen molar-refractivity contribution in [2.75, 3.05) is 26.2 Å². The number of aromatic nitrogens is 1.